The molecule has 2 N–H and O–H groups in total. The largest absolute Gasteiger partial charge is 0.496 e. The van der Waals surface area contributed by atoms with E-state index in [2.05, 4.69) is 10.2 Å². The summed E-state index contributed by atoms with van der Waals surface area (Å²) in [4.78, 5) is 20.7. The van der Waals surface area contributed by atoms with Gasteiger partial charge in [0.25, 0.3) is 5.91 Å². The number of thiazole rings is 1. The number of ether oxygens (including phenoxy) is 1. The third-order valence-corrected chi connectivity index (χ3v) is 8.67. The molecule has 3 aromatic carbocycles. The van der Waals surface area contributed by atoms with Crippen LogP contribution in [-0.4, -0.2) is 39.6 Å². The number of methoxy groups -OCH3 is 1. The molecule has 6 rings (SSSR count). The minimum absolute atomic E-state index is 0.0412. The molecule has 0 saturated carbocycles. The van der Waals surface area contributed by atoms with Crippen molar-refractivity contribution in [3.8, 4) is 28.3 Å². The standard InChI is InChI=1S/C33H33N5O3S/c1-21-20-42-30(35-21)27-13-9-15-38(27)31(39)25-17-23(26-12-7-8-14-28(26)40-3)16-24(18-25)29-36-37-32(41-29)33(2,34)19-22-10-5-4-6-11-22/h4-8,10-12,14,16-18,20,27H,9,13,15,19,34H2,1-3H3/t27-,33+/m1/s1. The summed E-state index contributed by atoms with van der Waals surface area (Å²) in [5.41, 5.74) is 10.7. The maximum Gasteiger partial charge on any atom is 0.254 e. The van der Waals surface area contributed by atoms with Crippen LogP contribution in [0.1, 0.15) is 58.3 Å². The van der Waals surface area contributed by atoms with Crippen molar-refractivity contribution < 1.29 is 13.9 Å². The number of hydrogen-bond donors (Lipinski definition) is 1. The normalized spacial score (nSPS) is 16.4. The zero-order valence-electron chi connectivity index (χ0n) is 23.9. The molecule has 0 unspecified atom stereocenters. The Balaban J connectivity index is 1.39. The Bertz CT molecular complexity index is 1710. The molecular formula is C33H33N5O3S. The van der Waals surface area contributed by atoms with E-state index in [0.717, 1.165) is 40.2 Å². The van der Waals surface area contributed by atoms with E-state index in [1.54, 1.807) is 18.4 Å². The monoisotopic (exact) mass is 579 g/mol. The molecule has 0 bridgehead atoms. The van der Waals surface area contributed by atoms with E-state index >= 15 is 0 Å². The molecule has 1 amide bonds. The number of likely N-dealkylation sites (tertiary alicyclic amines) is 1. The van der Waals surface area contributed by atoms with Crippen LogP contribution in [0.2, 0.25) is 0 Å². The number of para-hydroxylation sites is 1. The minimum Gasteiger partial charge on any atom is -0.496 e. The van der Waals surface area contributed by atoms with Crippen LogP contribution in [0.15, 0.2) is 82.6 Å². The van der Waals surface area contributed by atoms with Gasteiger partial charge in [0.1, 0.15) is 10.8 Å². The molecule has 1 saturated heterocycles. The third-order valence-electron chi connectivity index (χ3n) is 7.61. The summed E-state index contributed by atoms with van der Waals surface area (Å²) in [6.07, 6.45) is 2.35. The predicted octanol–water partition coefficient (Wildman–Crippen LogP) is 6.57. The van der Waals surface area contributed by atoms with Gasteiger partial charge in [-0.1, -0.05) is 48.5 Å². The SMILES string of the molecule is COc1ccccc1-c1cc(C(=O)N2CCC[C@@H]2c2nc(C)cs2)cc(-c2nnc([C@@](C)(N)Cc3ccccc3)o2)c1. The molecule has 0 aliphatic carbocycles. The highest BCUT2D eigenvalue weighted by atomic mass is 32.1. The van der Waals surface area contributed by atoms with E-state index < -0.39 is 5.54 Å². The van der Waals surface area contributed by atoms with Gasteiger partial charge < -0.3 is 19.8 Å². The summed E-state index contributed by atoms with van der Waals surface area (Å²) in [5.74, 6) is 1.27. The number of aryl methyl sites for hydroxylation is 1. The van der Waals surface area contributed by atoms with Crippen molar-refractivity contribution in [2.24, 2.45) is 5.73 Å². The highest BCUT2D eigenvalue weighted by Gasteiger charge is 2.33. The first-order valence-corrected chi connectivity index (χ1v) is 14.9. The van der Waals surface area contributed by atoms with Gasteiger partial charge >= 0.3 is 0 Å². The van der Waals surface area contributed by atoms with Crippen LogP contribution >= 0.6 is 11.3 Å². The zero-order valence-corrected chi connectivity index (χ0v) is 24.7. The van der Waals surface area contributed by atoms with Gasteiger partial charge in [-0.15, -0.1) is 21.5 Å². The van der Waals surface area contributed by atoms with Gasteiger partial charge in [0.05, 0.1) is 18.7 Å². The van der Waals surface area contributed by atoms with Crippen molar-refractivity contribution in [3.63, 3.8) is 0 Å². The fraction of sp³-hybridized carbons (Fsp3) is 0.273. The number of carbonyl (C=O) groups is 1. The molecule has 0 spiro atoms. The lowest BCUT2D eigenvalue weighted by atomic mass is 9.94. The van der Waals surface area contributed by atoms with Crippen molar-refractivity contribution in [2.75, 3.05) is 13.7 Å². The van der Waals surface area contributed by atoms with Crippen LogP contribution in [0.5, 0.6) is 5.75 Å². The first-order chi connectivity index (χ1) is 20.3. The molecule has 0 radical (unpaired) electrons. The Kier molecular flexibility index (Phi) is 7.62. The Morgan fingerprint density at radius 3 is 2.62 bits per heavy atom. The number of benzene rings is 3. The minimum atomic E-state index is -0.875. The van der Waals surface area contributed by atoms with Gasteiger partial charge in [-0.05, 0) is 68.5 Å². The molecule has 5 aromatic rings. The van der Waals surface area contributed by atoms with E-state index in [9.17, 15) is 4.79 Å². The average Bonchev–Trinajstić information content (AvgIpc) is 3.78. The predicted molar refractivity (Wildman–Crippen MR) is 163 cm³/mol. The molecule has 3 heterocycles. The van der Waals surface area contributed by atoms with Crippen LogP contribution < -0.4 is 10.5 Å². The summed E-state index contributed by atoms with van der Waals surface area (Å²) in [7, 11) is 1.64. The van der Waals surface area contributed by atoms with Gasteiger partial charge in [0, 0.05) is 34.3 Å². The number of nitrogens with zero attached hydrogens (tertiary/aromatic N) is 4. The Morgan fingerprint density at radius 1 is 1.10 bits per heavy atom. The Labute approximate surface area is 249 Å². The van der Waals surface area contributed by atoms with Gasteiger partial charge in [0.15, 0.2) is 0 Å². The molecule has 42 heavy (non-hydrogen) atoms. The number of carbonyl (C=O) groups excluding carboxylic acids is 1. The highest BCUT2D eigenvalue weighted by molar-refractivity contribution is 7.09. The molecule has 2 atom stereocenters. The Hall–Kier alpha value is -4.34. The first-order valence-electron chi connectivity index (χ1n) is 14.0. The number of aromatic nitrogens is 3. The van der Waals surface area contributed by atoms with Crippen molar-refractivity contribution in [2.45, 2.75) is 44.7 Å². The quantitative estimate of drug-likeness (QED) is 0.221. The second kappa shape index (κ2) is 11.5. The van der Waals surface area contributed by atoms with Crippen LogP contribution in [0.3, 0.4) is 0 Å². The van der Waals surface area contributed by atoms with Crippen LogP contribution in [0.25, 0.3) is 22.6 Å². The number of nitrogens with two attached hydrogens (primary N) is 1. The molecule has 1 aliphatic heterocycles. The molecule has 2 aromatic heterocycles. The summed E-state index contributed by atoms with van der Waals surface area (Å²) in [5, 5.41) is 11.7. The highest BCUT2D eigenvalue weighted by Crippen LogP contribution is 2.38. The van der Waals surface area contributed by atoms with Crippen LogP contribution in [0, 0.1) is 6.92 Å². The Morgan fingerprint density at radius 2 is 1.86 bits per heavy atom. The first kappa shape index (κ1) is 27.8. The maximum atomic E-state index is 14.1. The van der Waals surface area contributed by atoms with Crippen molar-refractivity contribution in [3.05, 3.63) is 106 Å². The van der Waals surface area contributed by atoms with E-state index in [1.807, 2.05) is 96.9 Å². The molecular weight excluding hydrogens is 546 g/mol. The lowest BCUT2D eigenvalue weighted by molar-refractivity contribution is 0.0735. The summed E-state index contributed by atoms with van der Waals surface area (Å²) < 4.78 is 11.9. The maximum absolute atomic E-state index is 14.1. The topological polar surface area (TPSA) is 107 Å². The van der Waals surface area contributed by atoms with Crippen molar-refractivity contribution in [1.29, 1.82) is 0 Å². The lowest BCUT2D eigenvalue weighted by Gasteiger charge is -2.24. The van der Waals surface area contributed by atoms with Crippen molar-refractivity contribution >= 4 is 17.2 Å². The molecule has 9 heteroatoms. The molecule has 1 fully saturated rings. The van der Waals surface area contributed by atoms with E-state index in [1.165, 1.54) is 0 Å². The van der Waals surface area contributed by atoms with E-state index in [-0.39, 0.29) is 11.9 Å². The van der Waals surface area contributed by atoms with Crippen molar-refractivity contribution in [1.82, 2.24) is 20.1 Å². The van der Waals surface area contributed by atoms with E-state index in [0.29, 0.717) is 41.6 Å². The second-order valence-corrected chi connectivity index (χ2v) is 11.9. The number of amides is 1. The molecule has 214 valence electrons. The summed E-state index contributed by atoms with van der Waals surface area (Å²) in [6, 6.07) is 23.4. The fourth-order valence-corrected chi connectivity index (χ4v) is 6.48. The van der Waals surface area contributed by atoms with Gasteiger partial charge in [-0.25, -0.2) is 4.98 Å². The zero-order chi connectivity index (χ0) is 29.3. The van der Waals surface area contributed by atoms with Gasteiger partial charge in [0.2, 0.25) is 11.8 Å². The molecule has 8 nitrogen and oxygen atoms in total. The van der Waals surface area contributed by atoms with E-state index in [4.69, 9.17) is 19.9 Å². The van der Waals surface area contributed by atoms with Crippen LogP contribution in [-0.2, 0) is 12.0 Å². The fourth-order valence-electron chi connectivity index (χ4n) is 5.54. The smallest absolute Gasteiger partial charge is 0.254 e. The summed E-state index contributed by atoms with van der Waals surface area (Å²) in [6.45, 7) is 4.53. The number of rotatable bonds is 8. The van der Waals surface area contributed by atoms with Gasteiger partial charge in [-0.3, -0.25) is 4.79 Å². The third kappa shape index (κ3) is 5.57. The second-order valence-electron chi connectivity index (χ2n) is 11.0. The van der Waals surface area contributed by atoms with Gasteiger partial charge in [-0.2, -0.15) is 0 Å². The van der Waals surface area contributed by atoms with Crippen LogP contribution in [0.4, 0.5) is 0 Å². The molecule has 1 aliphatic rings. The average molecular weight is 580 g/mol. The lowest BCUT2D eigenvalue weighted by Crippen LogP contribution is -2.35. The summed E-state index contributed by atoms with van der Waals surface area (Å²) >= 11 is 1.61. The number of hydrogen-bond acceptors (Lipinski definition) is 8.